The van der Waals surface area contributed by atoms with Gasteiger partial charge in [0, 0.05) is 18.3 Å². The summed E-state index contributed by atoms with van der Waals surface area (Å²) in [6.07, 6.45) is 3.74. The number of hydrogen-bond donors (Lipinski definition) is 1. The van der Waals surface area contributed by atoms with Gasteiger partial charge in [0.05, 0.1) is 0 Å². The lowest BCUT2D eigenvalue weighted by Gasteiger charge is -2.35. The van der Waals surface area contributed by atoms with Crippen molar-refractivity contribution in [2.45, 2.75) is 32.2 Å². The van der Waals surface area contributed by atoms with E-state index in [2.05, 4.69) is 22.0 Å². The van der Waals surface area contributed by atoms with Crippen LogP contribution in [0.5, 0.6) is 5.75 Å². The number of rotatable bonds is 6. The number of piperidine rings is 1. The third kappa shape index (κ3) is 4.90. The van der Waals surface area contributed by atoms with Crippen molar-refractivity contribution >= 4 is 17.7 Å². The predicted octanol–water partition coefficient (Wildman–Crippen LogP) is 2.71. The van der Waals surface area contributed by atoms with Gasteiger partial charge in [0.2, 0.25) is 0 Å². The highest BCUT2D eigenvalue weighted by Gasteiger charge is 2.27. The topological polar surface area (TPSA) is 41.6 Å². The standard InChI is InChI=1S/C19H28N2O2S/c1-15-4-2-3-5-18(15)23-13-19(22)20-12-16-6-9-21(10-7-16)17-8-11-24-14-17/h2-5,16-17H,6-14H2,1H3,(H,20,22)/t17-/m0/s1. The van der Waals surface area contributed by atoms with Gasteiger partial charge in [0.1, 0.15) is 5.75 Å². The Bertz CT molecular complexity index is 538. The maximum atomic E-state index is 12.0. The lowest BCUT2D eigenvalue weighted by atomic mass is 9.95. The summed E-state index contributed by atoms with van der Waals surface area (Å²) >= 11 is 2.08. The molecule has 2 fully saturated rings. The minimum atomic E-state index is -0.0205. The maximum absolute atomic E-state index is 12.0. The number of carbonyl (C=O) groups is 1. The molecule has 0 aliphatic carbocycles. The third-order valence-electron chi connectivity index (χ3n) is 5.11. The molecule has 1 aromatic rings. The summed E-state index contributed by atoms with van der Waals surface area (Å²) in [6, 6.07) is 8.59. The van der Waals surface area contributed by atoms with Crippen LogP contribution in [0.25, 0.3) is 0 Å². The Morgan fingerprint density at radius 1 is 1.29 bits per heavy atom. The minimum absolute atomic E-state index is 0.0205. The highest BCUT2D eigenvalue weighted by molar-refractivity contribution is 7.99. The van der Waals surface area contributed by atoms with Gasteiger partial charge in [-0.1, -0.05) is 18.2 Å². The molecule has 0 radical (unpaired) electrons. The molecular formula is C19H28N2O2S. The average molecular weight is 349 g/mol. The largest absolute Gasteiger partial charge is 0.484 e. The Labute approximate surface area is 149 Å². The molecule has 2 aliphatic rings. The number of nitrogens with one attached hydrogen (secondary N) is 1. The maximum Gasteiger partial charge on any atom is 0.257 e. The first-order valence-electron chi connectivity index (χ1n) is 8.99. The van der Waals surface area contributed by atoms with E-state index >= 15 is 0 Å². The van der Waals surface area contributed by atoms with Crippen LogP contribution in [0, 0.1) is 12.8 Å². The number of ether oxygens (including phenoxy) is 1. The Hall–Kier alpha value is -1.20. The van der Waals surface area contributed by atoms with Crippen LogP contribution < -0.4 is 10.1 Å². The number of para-hydroxylation sites is 1. The van der Waals surface area contributed by atoms with Crippen LogP contribution in [0.4, 0.5) is 0 Å². The van der Waals surface area contributed by atoms with E-state index in [0.29, 0.717) is 5.92 Å². The number of nitrogens with zero attached hydrogens (tertiary/aromatic N) is 1. The van der Waals surface area contributed by atoms with Crippen molar-refractivity contribution in [2.24, 2.45) is 5.92 Å². The molecule has 0 bridgehead atoms. The number of thioether (sulfide) groups is 1. The second-order valence-corrected chi connectivity index (χ2v) is 8.00. The van der Waals surface area contributed by atoms with Gasteiger partial charge in [0.25, 0.3) is 5.91 Å². The van der Waals surface area contributed by atoms with Crippen LogP contribution in [0.1, 0.15) is 24.8 Å². The molecule has 24 heavy (non-hydrogen) atoms. The number of hydrogen-bond acceptors (Lipinski definition) is 4. The number of carbonyl (C=O) groups excluding carboxylic acids is 1. The van der Waals surface area contributed by atoms with Gasteiger partial charge in [-0.3, -0.25) is 9.69 Å². The molecule has 0 spiro atoms. The first-order chi connectivity index (χ1) is 11.7. The van der Waals surface area contributed by atoms with Crippen molar-refractivity contribution in [2.75, 3.05) is 37.7 Å². The molecule has 1 atom stereocenters. The van der Waals surface area contributed by atoms with E-state index < -0.39 is 0 Å². The van der Waals surface area contributed by atoms with Gasteiger partial charge in [-0.05, 0) is 62.6 Å². The SMILES string of the molecule is Cc1ccccc1OCC(=O)NCC1CCN([C@H]2CCSC2)CC1. The molecule has 1 amide bonds. The van der Waals surface area contributed by atoms with Crippen LogP contribution in [-0.4, -0.2) is 54.6 Å². The van der Waals surface area contributed by atoms with Gasteiger partial charge >= 0.3 is 0 Å². The van der Waals surface area contributed by atoms with E-state index in [-0.39, 0.29) is 12.5 Å². The molecule has 132 valence electrons. The van der Waals surface area contributed by atoms with Gasteiger partial charge in [-0.2, -0.15) is 11.8 Å². The summed E-state index contributed by atoms with van der Waals surface area (Å²) in [5.74, 6) is 4.00. The van der Waals surface area contributed by atoms with Crippen LogP contribution in [0.3, 0.4) is 0 Å². The molecule has 2 aliphatic heterocycles. The quantitative estimate of drug-likeness (QED) is 0.858. The molecule has 5 heteroatoms. The number of benzene rings is 1. The summed E-state index contributed by atoms with van der Waals surface area (Å²) in [6.45, 7) is 5.24. The Morgan fingerprint density at radius 3 is 2.79 bits per heavy atom. The molecule has 2 heterocycles. The Balaban J connectivity index is 1.33. The molecule has 4 nitrogen and oxygen atoms in total. The van der Waals surface area contributed by atoms with Gasteiger partial charge in [-0.25, -0.2) is 0 Å². The van der Waals surface area contributed by atoms with E-state index in [1.54, 1.807) is 0 Å². The highest BCUT2D eigenvalue weighted by Crippen LogP contribution is 2.26. The summed E-state index contributed by atoms with van der Waals surface area (Å²) in [7, 11) is 0. The normalized spacial score (nSPS) is 22.5. The predicted molar refractivity (Wildman–Crippen MR) is 99.7 cm³/mol. The number of amides is 1. The summed E-state index contributed by atoms with van der Waals surface area (Å²) in [5.41, 5.74) is 1.06. The zero-order chi connectivity index (χ0) is 16.8. The highest BCUT2D eigenvalue weighted by atomic mass is 32.2. The second-order valence-electron chi connectivity index (χ2n) is 6.86. The van der Waals surface area contributed by atoms with Crippen molar-refractivity contribution < 1.29 is 9.53 Å². The lowest BCUT2D eigenvalue weighted by Crippen LogP contribution is -2.44. The van der Waals surface area contributed by atoms with Crippen molar-refractivity contribution in [1.29, 1.82) is 0 Å². The zero-order valence-corrected chi connectivity index (χ0v) is 15.3. The molecule has 2 saturated heterocycles. The number of likely N-dealkylation sites (tertiary alicyclic amines) is 1. The summed E-state index contributed by atoms with van der Waals surface area (Å²) in [5, 5.41) is 3.04. The summed E-state index contributed by atoms with van der Waals surface area (Å²) < 4.78 is 5.60. The van der Waals surface area contributed by atoms with Crippen LogP contribution in [0.2, 0.25) is 0 Å². The fraction of sp³-hybridized carbons (Fsp3) is 0.632. The van der Waals surface area contributed by atoms with E-state index in [0.717, 1.165) is 23.9 Å². The minimum Gasteiger partial charge on any atom is -0.484 e. The zero-order valence-electron chi connectivity index (χ0n) is 14.5. The van der Waals surface area contributed by atoms with Gasteiger partial charge in [0.15, 0.2) is 6.61 Å². The first kappa shape index (κ1) is 17.6. The smallest absolute Gasteiger partial charge is 0.257 e. The van der Waals surface area contributed by atoms with E-state index in [4.69, 9.17) is 4.74 Å². The Kier molecular flexibility index (Phi) is 6.44. The van der Waals surface area contributed by atoms with Crippen LogP contribution in [0.15, 0.2) is 24.3 Å². The van der Waals surface area contributed by atoms with Crippen molar-refractivity contribution in [3.63, 3.8) is 0 Å². The van der Waals surface area contributed by atoms with E-state index in [1.165, 1.54) is 43.9 Å². The van der Waals surface area contributed by atoms with E-state index in [9.17, 15) is 4.79 Å². The van der Waals surface area contributed by atoms with Gasteiger partial charge in [-0.15, -0.1) is 0 Å². The molecule has 0 saturated carbocycles. The lowest BCUT2D eigenvalue weighted by molar-refractivity contribution is -0.123. The molecule has 1 aromatic carbocycles. The average Bonchev–Trinajstić information content (AvgIpc) is 3.14. The Morgan fingerprint density at radius 2 is 2.08 bits per heavy atom. The summed E-state index contributed by atoms with van der Waals surface area (Å²) in [4.78, 5) is 14.6. The van der Waals surface area contributed by atoms with Crippen molar-refractivity contribution in [3.05, 3.63) is 29.8 Å². The molecule has 0 unspecified atom stereocenters. The molecule has 3 rings (SSSR count). The molecular weight excluding hydrogens is 320 g/mol. The van der Waals surface area contributed by atoms with Crippen molar-refractivity contribution in [1.82, 2.24) is 10.2 Å². The molecule has 0 aromatic heterocycles. The third-order valence-corrected chi connectivity index (χ3v) is 6.26. The monoisotopic (exact) mass is 348 g/mol. The van der Waals surface area contributed by atoms with Crippen molar-refractivity contribution in [3.8, 4) is 5.75 Å². The fourth-order valence-electron chi connectivity index (χ4n) is 3.50. The first-order valence-corrected chi connectivity index (χ1v) is 10.1. The fourth-order valence-corrected chi connectivity index (χ4v) is 4.76. The van der Waals surface area contributed by atoms with Gasteiger partial charge < -0.3 is 10.1 Å². The second kappa shape index (κ2) is 8.77. The van der Waals surface area contributed by atoms with E-state index in [1.807, 2.05) is 31.2 Å². The van der Waals surface area contributed by atoms with Crippen LogP contribution in [-0.2, 0) is 4.79 Å². The number of aryl methyl sites for hydroxylation is 1. The molecule has 1 N–H and O–H groups in total. The van der Waals surface area contributed by atoms with Crippen LogP contribution >= 0.6 is 11.8 Å².